The van der Waals surface area contributed by atoms with Crippen LogP contribution in [-0.2, 0) is 0 Å². The maximum Gasteiger partial charge on any atom is 0.161 e. The molecule has 1 aliphatic heterocycles. The highest BCUT2D eigenvalue weighted by Crippen LogP contribution is 2.25. The topological polar surface area (TPSA) is 51.0 Å². The van der Waals surface area contributed by atoms with Crippen LogP contribution in [0.1, 0.15) is 6.42 Å². The Bertz CT molecular complexity index is 406. The van der Waals surface area contributed by atoms with Gasteiger partial charge < -0.3 is 20.1 Å². The Morgan fingerprint density at radius 3 is 2.24 bits per heavy atom. The third kappa shape index (κ3) is 5.19. The third-order valence-corrected chi connectivity index (χ3v) is 3.88. The number of nitrogens with zero attached hydrogens (tertiary/aromatic N) is 2. The molecule has 1 aromatic carbocycles. The molecule has 2 rings (SSSR count). The first-order valence-electron chi connectivity index (χ1n) is 7.74. The Kier molecular flexibility index (Phi) is 6.79. The average molecular weight is 293 g/mol. The van der Waals surface area contributed by atoms with Crippen LogP contribution in [0.4, 0.5) is 0 Å². The van der Waals surface area contributed by atoms with Gasteiger partial charge in [0.1, 0.15) is 6.61 Å². The number of rotatable bonds is 8. The van der Waals surface area contributed by atoms with E-state index in [1.165, 1.54) is 0 Å². The van der Waals surface area contributed by atoms with Crippen LogP contribution in [0.3, 0.4) is 0 Å². The van der Waals surface area contributed by atoms with Crippen molar-refractivity contribution in [2.45, 2.75) is 6.42 Å². The molecule has 0 amide bonds. The minimum Gasteiger partial charge on any atom is -0.493 e. The smallest absolute Gasteiger partial charge is 0.161 e. The van der Waals surface area contributed by atoms with Crippen LogP contribution in [0, 0.1) is 0 Å². The molecule has 2 N–H and O–H groups in total. The maximum absolute atomic E-state index is 5.83. The molecular weight excluding hydrogens is 266 g/mol. The van der Waals surface area contributed by atoms with Gasteiger partial charge in [-0.2, -0.15) is 0 Å². The summed E-state index contributed by atoms with van der Waals surface area (Å²) in [4.78, 5) is 4.94. The minimum absolute atomic E-state index is 0.698. The number of methoxy groups -OCH3 is 1. The average Bonchev–Trinajstić information content (AvgIpc) is 2.54. The zero-order chi connectivity index (χ0) is 14.9. The van der Waals surface area contributed by atoms with Gasteiger partial charge in [0.15, 0.2) is 11.5 Å². The first-order valence-corrected chi connectivity index (χ1v) is 7.74. The zero-order valence-corrected chi connectivity index (χ0v) is 13.0. The summed E-state index contributed by atoms with van der Waals surface area (Å²) in [5, 5.41) is 0. The lowest BCUT2D eigenvalue weighted by Gasteiger charge is -2.34. The lowest BCUT2D eigenvalue weighted by molar-refractivity contribution is 0.116. The van der Waals surface area contributed by atoms with Crippen molar-refractivity contribution in [2.75, 3.05) is 59.5 Å². The highest BCUT2D eigenvalue weighted by atomic mass is 16.5. The van der Waals surface area contributed by atoms with E-state index in [1.54, 1.807) is 7.11 Å². The van der Waals surface area contributed by atoms with Gasteiger partial charge in [-0.3, -0.25) is 4.90 Å². The highest BCUT2D eigenvalue weighted by Gasteiger charge is 2.16. The third-order valence-electron chi connectivity index (χ3n) is 3.88. The maximum atomic E-state index is 5.83. The van der Waals surface area contributed by atoms with E-state index in [2.05, 4.69) is 9.80 Å². The molecule has 5 heteroatoms. The first-order chi connectivity index (χ1) is 10.3. The first kappa shape index (κ1) is 16.1. The Hall–Kier alpha value is -1.30. The summed E-state index contributed by atoms with van der Waals surface area (Å²) in [6, 6.07) is 7.79. The molecule has 1 fully saturated rings. The van der Waals surface area contributed by atoms with Crippen molar-refractivity contribution in [3.63, 3.8) is 0 Å². The second-order valence-corrected chi connectivity index (χ2v) is 5.32. The van der Waals surface area contributed by atoms with Crippen molar-refractivity contribution in [3.8, 4) is 11.5 Å². The van der Waals surface area contributed by atoms with Crippen LogP contribution in [0.25, 0.3) is 0 Å². The molecule has 118 valence electrons. The van der Waals surface area contributed by atoms with E-state index >= 15 is 0 Å². The molecule has 1 saturated heterocycles. The van der Waals surface area contributed by atoms with Crippen molar-refractivity contribution < 1.29 is 9.47 Å². The molecule has 0 atom stereocenters. The second kappa shape index (κ2) is 8.87. The van der Waals surface area contributed by atoms with E-state index in [0.29, 0.717) is 6.61 Å². The number of nitrogens with two attached hydrogens (primary N) is 1. The zero-order valence-electron chi connectivity index (χ0n) is 13.0. The lowest BCUT2D eigenvalue weighted by atomic mass is 10.3. The fourth-order valence-electron chi connectivity index (χ4n) is 2.57. The van der Waals surface area contributed by atoms with Crippen molar-refractivity contribution in [3.05, 3.63) is 24.3 Å². The van der Waals surface area contributed by atoms with Crippen LogP contribution in [0.2, 0.25) is 0 Å². The van der Waals surface area contributed by atoms with Crippen LogP contribution in [0.15, 0.2) is 24.3 Å². The molecule has 0 radical (unpaired) electrons. The summed E-state index contributed by atoms with van der Waals surface area (Å²) in [5.41, 5.74) is 5.55. The monoisotopic (exact) mass is 293 g/mol. The van der Waals surface area contributed by atoms with Crippen LogP contribution in [0.5, 0.6) is 11.5 Å². The predicted molar refractivity (Wildman–Crippen MR) is 85.0 cm³/mol. The largest absolute Gasteiger partial charge is 0.493 e. The Morgan fingerprint density at radius 2 is 1.62 bits per heavy atom. The van der Waals surface area contributed by atoms with Gasteiger partial charge in [0, 0.05) is 32.7 Å². The normalized spacial score (nSPS) is 16.9. The summed E-state index contributed by atoms with van der Waals surface area (Å²) in [6.45, 7) is 8.06. The van der Waals surface area contributed by atoms with E-state index in [-0.39, 0.29) is 0 Å². The Morgan fingerprint density at radius 1 is 1.00 bits per heavy atom. The molecule has 0 aromatic heterocycles. The predicted octanol–water partition coefficient (Wildman–Crippen LogP) is 1.04. The van der Waals surface area contributed by atoms with Gasteiger partial charge in [-0.1, -0.05) is 12.1 Å². The molecule has 0 unspecified atom stereocenters. The van der Waals surface area contributed by atoms with Gasteiger partial charge in [0.05, 0.1) is 7.11 Å². The van der Waals surface area contributed by atoms with Crippen LogP contribution >= 0.6 is 0 Å². The van der Waals surface area contributed by atoms with Crippen molar-refractivity contribution in [1.82, 2.24) is 9.80 Å². The number of para-hydroxylation sites is 2. The number of ether oxygens (including phenoxy) is 2. The number of benzene rings is 1. The summed E-state index contributed by atoms with van der Waals surface area (Å²) >= 11 is 0. The molecule has 5 nitrogen and oxygen atoms in total. The molecule has 0 spiro atoms. The summed E-state index contributed by atoms with van der Waals surface area (Å²) in [5.74, 6) is 1.62. The molecule has 1 heterocycles. The second-order valence-electron chi connectivity index (χ2n) is 5.32. The van der Waals surface area contributed by atoms with Gasteiger partial charge in [-0.15, -0.1) is 0 Å². The van der Waals surface area contributed by atoms with E-state index in [0.717, 1.165) is 63.7 Å². The van der Waals surface area contributed by atoms with Gasteiger partial charge in [0.25, 0.3) is 0 Å². The van der Waals surface area contributed by atoms with Gasteiger partial charge in [-0.05, 0) is 31.6 Å². The number of hydrogen-bond donors (Lipinski definition) is 1. The van der Waals surface area contributed by atoms with Crippen LogP contribution in [-0.4, -0.2) is 69.3 Å². The minimum atomic E-state index is 0.698. The fourth-order valence-corrected chi connectivity index (χ4v) is 2.57. The summed E-state index contributed by atoms with van der Waals surface area (Å²) in [7, 11) is 1.67. The molecule has 1 aromatic rings. The van der Waals surface area contributed by atoms with Crippen molar-refractivity contribution in [2.24, 2.45) is 5.73 Å². The van der Waals surface area contributed by atoms with E-state index in [4.69, 9.17) is 15.2 Å². The molecule has 0 aliphatic carbocycles. The summed E-state index contributed by atoms with van der Waals surface area (Å²) in [6.07, 6.45) is 1.09. The molecular formula is C16H27N3O2. The highest BCUT2D eigenvalue weighted by molar-refractivity contribution is 5.39. The lowest BCUT2D eigenvalue weighted by Crippen LogP contribution is -2.47. The standard InChI is InChI=1S/C16H27N3O2/c1-20-15-5-2-3-6-16(15)21-14-13-19-11-9-18(10-12-19)8-4-7-17/h2-3,5-6H,4,7-14,17H2,1H3. The van der Waals surface area contributed by atoms with Crippen molar-refractivity contribution >= 4 is 0 Å². The Balaban J connectivity index is 1.66. The van der Waals surface area contributed by atoms with E-state index < -0.39 is 0 Å². The van der Waals surface area contributed by atoms with Gasteiger partial charge in [-0.25, -0.2) is 0 Å². The van der Waals surface area contributed by atoms with Gasteiger partial charge >= 0.3 is 0 Å². The van der Waals surface area contributed by atoms with Gasteiger partial charge in [0.2, 0.25) is 0 Å². The molecule has 0 saturated carbocycles. The Labute approximate surface area is 127 Å². The molecule has 0 bridgehead atoms. The van der Waals surface area contributed by atoms with Crippen LogP contribution < -0.4 is 15.2 Å². The quantitative estimate of drug-likeness (QED) is 0.776. The fraction of sp³-hybridized carbons (Fsp3) is 0.625. The molecule has 21 heavy (non-hydrogen) atoms. The van der Waals surface area contributed by atoms with E-state index in [1.807, 2.05) is 24.3 Å². The number of hydrogen-bond acceptors (Lipinski definition) is 5. The van der Waals surface area contributed by atoms with Crippen molar-refractivity contribution in [1.29, 1.82) is 0 Å². The summed E-state index contributed by atoms with van der Waals surface area (Å²) < 4.78 is 11.1. The SMILES string of the molecule is COc1ccccc1OCCN1CCN(CCCN)CC1. The molecule has 1 aliphatic rings. The van der Waals surface area contributed by atoms with E-state index in [9.17, 15) is 0 Å². The number of piperazine rings is 1.